The fourth-order valence-corrected chi connectivity index (χ4v) is 4.80. The van der Waals surface area contributed by atoms with Gasteiger partial charge in [-0.05, 0) is 56.1 Å². The van der Waals surface area contributed by atoms with E-state index in [1.807, 2.05) is 84.4 Å². The highest BCUT2D eigenvalue weighted by atomic mass is 35.5. The monoisotopic (exact) mass is 554 g/mol. The van der Waals surface area contributed by atoms with Gasteiger partial charge in [0.15, 0.2) is 5.88 Å². The summed E-state index contributed by atoms with van der Waals surface area (Å²) >= 11 is 6.22. The number of aliphatic imine (C=N–C) groups is 1. The SMILES string of the molecule is CC(=O)N(CCN(C)C)c1ccc(N=C(c2ccc(Cn3ccnc3)cc2)c2c(O)[nH]c3cc(Cl)ccc23)cc1. The molecule has 1 amide bonds. The van der Waals surface area contributed by atoms with Gasteiger partial charge in [-0.3, -0.25) is 4.79 Å². The highest BCUT2D eigenvalue weighted by molar-refractivity contribution is 6.31. The van der Waals surface area contributed by atoms with Gasteiger partial charge in [-0.2, -0.15) is 0 Å². The zero-order chi connectivity index (χ0) is 28.2. The standard InChI is InChI=1S/C31H31ClN6O2/c1-21(39)38(17-16-36(2)3)26-11-9-25(10-12-26)34-30(29-27-13-8-24(32)18-28(27)35-31(29)40)23-6-4-22(5-7-23)19-37-15-14-33-20-37/h4-15,18,20,35,40H,16-17,19H2,1-3H3. The molecule has 0 aliphatic heterocycles. The van der Waals surface area contributed by atoms with Crippen molar-refractivity contribution in [1.29, 1.82) is 0 Å². The number of benzene rings is 3. The highest BCUT2D eigenvalue weighted by Crippen LogP contribution is 2.33. The highest BCUT2D eigenvalue weighted by Gasteiger charge is 2.19. The first-order valence-electron chi connectivity index (χ1n) is 13.0. The summed E-state index contributed by atoms with van der Waals surface area (Å²) in [7, 11) is 3.96. The number of carbonyl (C=O) groups excluding carboxylic acids is 1. The van der Waals surface area contributed by atoms with Crippen LogP contribution in [0.25, 0.3) is 10.9 Å². The maximum atomic E-state index is 12.3. The van der Waals surface area contributed by atoms with Gasteiger partial charge in [0, 0.05) is 60.6 Å². The van der Waals surface area contributed by atoms with Crippen LogP contribution >= 0.6 is 11.6 Å². The minimum absolute atomic E-state index is 0.0153. The quantitative estimate of drug-likeness (QED) is 0.223. The van der Waals surface area contributed by atoms with E-state index in [1.54, 1.807) is 36.5 Å². The summed E-state index contributed by atoms with van der Waals surface area (Å²) in [4.78, 5) is 28.3. The molecule has 2 N–H and O–H groups in total. The minimum atomic E-state index is -0.0167. The third-order valence-electron chi connectivity index (χ3n) is 6.68. The van der Waals surface area contributed by atoms with Crippen LogP contribution in [0.4, 0.5) is 11.4 Å². The second kappa shape index (κ2) is 11.8. The summed E-state index contributed by atoms with van der Waals surface area (Å²) in [5, 5.41) is 12.4. The van der Waals surface area contributed by atoms with Crippen molar-refractivity contribution in [1.82, 2.24) is 19.4 Å². The van der Waals surface area contributed by atoms with Crippen LogP contribution in [0, 0.1) is 0 Å². The van der Waals surface area contributed by atoms with Crippen LogP contribution in [0.15, 0.2) is 90.4 Å². The van der Waals surface area contributed by atoms with Gasteiger partial charge in [0.1, 0.15) is 0 Å². The number of nitrogens with one attached hydrogen (secondary N) is 1. The normalized spacial score (nSPS) is 11.9. The van der Waals surface area contributed by atoms with Crippen molar-refractivity contribution in [2.45, 2.75) is 13.5 Å². The molecule has 0 bridgehead atoms. The number of likely N-dealkylation sites (N-methyl/N-ethyl adjacent to an activating group) is 1. The smallest absolute Gasteiger partial charge is 0.223 e. The molecule has 0 aliphatic rings. The van der Waals surface area contributed by atoms with Crippen molar-refractivity contribution in [3.05, 3.63) is 107 Å². The third kappa shape index (κ3) is 6.09. The first-order chi connectivity index (χ1) is 19.3. The Morgan fingerprint density at radius 1 is 1.05 bits per heavy atom. The van der Waals surface area contributed by atoms with Gasteiger partial charge < -0.3 is 24.5 Å². The van der Waals surface area contributed by atoms with E-state index in [4.69, 9.17) is 16.6 Å². The number of aromatic hydroxyl groups is 1. The van der Waals surface area contributed by atoms with E-state index < -0.39 is 0 Å². The number of nitrogens with zero attached hydrogens (tertiary/aromatic N) is 5. The molecule has 0 saturated heterocycles. The van der Waals surface area contributed by atoms with Crippen LogP contribution in [0.3, 0.4) is 0 Å². The average Bonchev–Trinajstić information content (AvgIpc) is 3.55. The van der Waals surface area contributed by atoms with Crippen LogP contribution in [-0.4, -0.2) is 63.3 Å². The van der Waals surface area contributed by atoms with Crippen molar-refractivity contribution >= 4 is 45.5 Å². The average molecular weight is 555 g/mol. The Bertz CT molecular complexity index is 1640. The number of rotatable bonds is 9. The molecule has 204 valence electrons. The molecule has 2 heterocycles. The first-order valence-corrected chi connectivity index (χ1v) is 13.3. The lowest BCUT2D eigenvalue weighted by molar-refractivity contribution is -0.116. The van der Waals surface area contributed by atoms with E-state index in [1.165, 1.54) is 0 Å². The van der Waals surface area contributed by atoms with E-state index in [9.17, 15) is 9.90 Å². The molecule has 0 atom stereocenters. The Balaban J connectivity index is 1.55. The summed E-state index contributed by atoms with van der Waals surface area (Å²) in [5.41, 5.74) is 5.39. The lowest BCUT2D eigenvalue weighted by Gasteiger charge is -2.23. The second-order valence-corrected chi connectivity index (χ2v) is 10.4. The van der Waals surface area contributed by atoms with Crippen molar-refractivity contribution in [3.63, 3.8) is 0 Å². The number of anilines is 1. The number of H-pyrrole nitrogens is 1. The molecule has 5 aromatic rings. The fraction of sp³-hybridized carbons (Fsp3) is 0.194. The van der Waals surface area contributed by atoms with Gasteiger partial charge in [-0.25, -0.2) is 9.98 Å². The Hall–Kier alpha value is -4.40. The molecule has 0 saturated carbocycles. The van der Waals surface area contributed by atoms with Crippen LogP contribution in [-0.2, 0) is 11.3 Å². The van der Waals surface area contributed by atoms with Gasteiger partial charge in [-0.1, -0.05) is 41.9 Å². The maximum Gasteiger partial charge on any atom is 0.223 e. The minimum Gasteiger partial charge on any atom is -0.494 e. The maximum absolute atomic E-state index is 12.3. The van der Waals surface area contributed by atoms with E-state index in [0.29, 0.717) is 35.1 Å². The molecular weight excluding hydrogens is 524 g/mol. The van der Waals surface area contributed by atoms with Gasteiger partial charge >= 0.3 is 0 Å². The van der Waals surface area contributed by atoms with Gasteiger partial charge in [-0.15, -0.1) is 0 Å². The number of halogens is 1. The van der Waals surface area contributed by atoms with E-state index >= 15 is 0 Å². The number of hydrogen-bond acceptors (Lipinski definition) is 5. The number of imidazole rings is 1. The molecule has 9 heteroatoms. The van der Waals surface area contributed by atoms with E-state index in [2.05, 4.69) is 9.97 Å². The van der Waals surface area contributed by atoms with E-state index in [0.717, 1.165) is 34.3 Å². The number of aromatic amines is 1. The van der Waals surface area contributed by atoms with Crippen molar-refractivity contribution in [2.24, 2.45) is 4.99 Å². The number of hydrogen-bond donors (Lipinski definition) is 2. The van der Waals surface area contributed by atoms with Crippen molar-refractivity contribution < 1.29 is 9.90 Å². The van der Waals surface area contributed by atoms with Crippen LogP contribution in [0.5, 0.6) is 5.88 Å². The number of amides is 1. The summed E-state index contributed by atoms with van der Waals surface area (Å²) in [6, 6.07) is 21.1. The predicted molar refractivity (Wildman–Crippen MR) is 161 cm³/mol. The van der Waals surface area contributed by atoms with Crippen LogP contribution in [0.2, 0.25) is 5.02 Å². The first kappa shape index (κ1) is 27.2. The summed E-state index contributed by atoms with van der Waals surface area (Å²) < 4.78 is 2.00. The number of fused-ring (bicyclic) bond motifs is 1. The summed E-state index contributed by atoms with van der Waals surface area (Å²) in [5.74, 6) is -0.00137. The Morgan fingerprint density at radius 2 is 1.80 bits per heavy atom. The molecule has 3 aromatic carbocycles. The van der Waals surface area contributed by atoms with Crippen molar-refractivity contribution in [2.75, 3.05) is 32.1 Å². The Kier molecular flexibility index (Phi) is 8.00. The van der Waals surface area contributed by atoms with Crippen LogP contribution < -0.4 is 4.90 Å². The number of aromatic nitrogens is 3. The molecule has 40 heavy (non-hydrogen) atoms. The largest absolute Gasteiger partial charge is 0.494 e. The van der Waals surface area contributed by atoms with Crippen molar-refractivity contribution in [3.8, 4) is 5.88 Å². The van der Waals surface area contributed by atoms with E-state index in [-0.39, 0.29) is 11.8 Å². The molecule has 0 aliphatic carbocycles. The molecule has 0 fully saturated rings. The molecule has 8 nitrogen and oxygen atoms in total. The summed E-state index contributed by atoms with van der Waals surface area (Å²) in [6.07, 6.45) is 5.47. The topological polar surface area (TPSA) is 89.8 Å². The molecular formula is C31H31ClN6O2. The fourth-order valence-electron chi connectivity index (χ4n) is 4.62. The lowest BCUT2D eigenvalue weighted by Crippen LogP contribution is -2.35. The predicted octanol–water partition coefficient (Wildman–Crippen LogP) is 5.86. The number of carbonyl (C=O) groups is 1. The Morgan fingerprint density at radius 3 is 2.45 bits per heavy atom. The molecule has 0 spiro atoms. The zero-order valence-corrected chi connectivity index (χ0v) is 23.4. The van der Waals surface area contributed by atoms with Gasteiger partial charge in [0.25, 0.3) is 0 Å². The molecule has 2 aromatic heterocycles. The second-order valence-electron chi connectivity index (χ2n) is 9.92. The molecule has 5 rings (SSSR count). The summed E-state index contributed by atoms with van der Waals surface area (Å²) in [6.45, 7) is 3.62. The van der Waals surface area contributed by atoms with Crippen LogP contribution in [0.1, 0.15) is 23.6 Å². The Labute approximate surface area is 238 Å². The lowest BCUT2D eigenvalue weighted by atomic mass is 9.99. The zero-order valence-electron chi connectivity index (χ0n) is 22.7. The molecule has 0 radical (unpaired) electrons. The van der Waals surface area contributed by atoms with Gasteiger partial charge in [0.05, 0.1) is 28.8 Å². The third-order valence-corrected chi connectivity index (χ3v) is 6.92. The molecule has 0 unspecified atom stereocenters. The van der Waals surface area contributed by atoms with Gasteiger partial charge in [0.2, 0.25) is 5.91 Å².